The Balaban J connectivity index is 2.17. The second-order valence-electron chi connectivity index (χ2n) is 4.18. The molecule has 0 bridgehead atoms. The third-order valence-corrected chi connectivity index (χ3v) is 3.17. The molecule has 0 aliphatic carbocycles. The summed E-state index contributed by atoms with van der Waals surface area (Å²) >= 11 is 6.04. The number of nitrogens with two attached hydrogens (primary N) is 1. The number of hydrogen-bond donors (Lipinski definition) is 2. The van der Waals surface area contributed by atoms with Crippen LogP contribution in [0.5, 0.6) is 0 Å². The number of amides is 1. The highest BCUT2D eigenvalue weighted by Gasteiger charge is 2.16. The topological polar surface area (TPSA) is 94.6 Å². The summed E-state index contributed by atoms with van der Waals surface area (Å²) in [5, 5.41) is 3.46. The van der Waals surface area contributed by atoms with E-state index in [1.165, 1.54) is 19.4 Å². The van der Waals surface area contributed by atoms with Crippen molar-refractivity contribution in [3.63, 3.8) is 0 Å². The average molecular weight is 309 g/mol. The van der Waals surface area contributed by atoms with Crippen molar-refractivity contribution in [3.05, 3.63) is 52.4 Å². The molecule has 0 aliphatic heterocycles. The number of halogens is 1. The van der Waals surface area contributed by atoms with Gasteiger partial charge in [0, 0.05) is 17.7 Å². The Labute approximate surface area is 125 Å². The molecule has 3 N–H and O–H groups in total. The van der Waals surface area contributed by atoms with E-state index in [1.54, 1.807) is 18.2 Å². The van der Waals surface area contributed by atoms with Gasteiger partial charge in [-0.2, -0.15) is 0 Å². The summed E-state index contributed by atoms with van der Waals surface area (Å²) in [4.78, 5) is 22.6. The molecule has 7 heteroatoms. The van der Waals surface area contributed by atoms with Crippen LogP contribution in [0.4, 0.5) is 5.69 Å². The minimum atomic E-state index is -0.561. The van der Waals surface area contributed by atoms with Gasteiger partial charge in [0.15, 0.2) is 0 Å². The number of primary amides is 1. The molecule has 0 atom stereocenters. The van der Waals surface area contributed by atoms with E-state index in [9.17, 15) is 9.59 Å². The fraction of sp³-hybridized carbons (Fsp3) is 0.143. The summed E-state index contributed by atoms with van der Waals surface area (Å²) in [6.45, 7) is 0.281. The van der Waals surface area contributed by atoms with E-state index in [2.05, 4.69) is 10.1 Å². The van der Waals surface area contributed by atoms with Crippen molar-refractivity contribution in [2.45, 2.75) is 6.54 Å². The van der Waals surface area contributed by atoms with Crippen molar-refractivity contribution in [2.24, 2.45) is 5.73 Å². The molecule has 0 unspecified atom stereocenters. The van der Waals surface area contributed by atoms with Crippen molar-refractivity contribution in [3.8, 4) is 0 Å². The molecule has 1 heterocycles. The van der Waals surface area contributed by atoms with Crippen LogP contribution < -0.4 is 11.1 Å². The minimum absolute atomic E-state index is 0.118. The van der Waals surface area contributed by atoms with Crippen LogP contribution in [-0.2, 0) is 11.3 Å². The highest BCUT2D eigenvalue weighted by Crippen LogP contribution is 2.24. The standard InChI is InChI=1S/C14H13ClN2O4/c1-20-14(19)12-9(4-5-21-12)7-17-11-6-8(13(16)18)2-3-10(11)15/h2-6,17H,7H2,1H3,(H2,16,18). The lowest BCUT2D eigenvalue weighted by Crippen LogP contribution is -2.12. The number of esters is 1. The molecular weight excluding hydrogens is 296 g/mol. The quantitative estimate of drug-likeness (QED) is 0.827. The van der Waals surface area contributed by atoms with Gasteiger partial charge in [-0.15, -0.1) is 0 Å². The molecule has 1 aromatic heterocycles. The Hall–Kier alpha value is -2.47. The molecule has 1 amide bonds. The van der Waals surface area contributed by atoms with Crippen molar-refractivity contribution in [1.82, 2.24) is 0 Å². The summed E-state index contributed by atoms with van der Waals surface area (Å²) < 4.78 is 9.69. The van der Waals surface area contributed by atoms with Gasteiger partial charge in [0.25, 0.3) is 0 Å². The van der Waals surface area contributed by atoms with Crippen molar-refractivity contribution >= 4 is 29.2 Å². The van der Waals surface area contributed by atoms with Gasteiger partial charge in [-0.05, 0) is 24.3 Å². The van der Waals surface area contributed by atoms with Crippen LogP contribution in [0.25, 0.3) is 0 Å². The number of hydrogen-bond acceptors (Lipinski definition) is 5. The number of methoxy groups -OCH3 is 1. The molecule has 0 aliphatic rings. The number of rotatable bonds is 5. The van der Waals surface area contributed by atoms with Crippen molar-refractivity contribution in [2.75, 3.05) is 12.4 Å². The zero-order chi connectivity index (χ0) is 15.4. The molecule has 21 heavy (non-hydrogen) atoms. The van der Waals surface area contributed by atoms with Crippen LogP contribution in [0.15, 0.2) is 34.9 Å². The Morgan fingerprint density at radius 2 is 2.14 bits per heavy atom. The van der Waals surface area contributed by atoms with E-state index in [-0.39, 0.29) is 12.3 Å². The van der Waals surface area contributed by atoms with Gasteiger partial charge in [0.1, 0.15) is 0 Å². The monoisotopic (exact) mass is 308 g/mol. The molecular formula is C14H13ClN2O4. The van der Waals surface area contributed by atoms with Crippen LogP contribution in [-0.4, -0.2) is 19.0 Å². The molecule has 0 saturated heterocycles. The maximum Gasteiger partial charge on any atom is 0.374 e. The van der Waals surface area contributed by atoms with Gasteiger partial charge < -0.3 is 20.2 Å². The lowest BCUT2D eigenvalue weighted by Gasteiger charge is -2.09. The first-order valence-electron chi connectivity index (χ1n) is 6.01. The number of ether oxygens (including phenoxy) is 1. The van der Waals surface area contributed by atoms with E-state index in [4.69, 9.17) is 21.8 Å². The molecule has 0 saturated carbocycles. The molecule has 0 spiro atoms. The molecule has 2 rings (SSSR count). The second-order valence-corrected chi connectivity index (χ2v) is 4.59. The number of benzene rings is 1. The predicted molar refractivity (Wildman–Crippen MR) is 77.3 cm³/mol. The van der Waals surface area contributed by atoms with E-state index >= 15 is 0 Å². The van der Waals surface area contributed by atoms with Crippen LogP contribution in [0, 0.1) is 0 Å². The van der Waals surface area contributed by atoms with Crippen LogP contribution >= 0.6 is 11.6 Å². The second kappa shape index (κ2) is 6.32. The Morgan fingerprint density at radius 3 is 2.81 bits per heavy atom. The lowest BCUT2D eigenvalue weighted by atomic mass is 10.2. The van der Waals surface area contributed by atoms with E-state index in [1.807, 2.05) is 0 Å². The number of carbonyl (C=O) groups is 2. The molecule has 2 aromatic rings. The fourth-order valence-electron chi connectivity index (χ4n) is 1.75. The summed E-state index contributed by atoms with van der Waals surface area (Å²) in [6, 6.07) is 6.29. The zero-order valence-electron chi connectivity index (χ0n) is 11.2. The van der Waals surface area contributed by atoms with E-state index < -0.39 is 11.9 Å². The molecule has 1 aromatic carbocycles. The van der Waals surface area contributed by atoms with Gasteiger partial charge in [-0.1, -0.05) is 11.6 Å². The van der Waals surface area contributed by atoms with Crippen LogP contribution in [0.3, 0.4) is 0 Å². The maximum absolute atomic E-state index is 11.5. The van der Waals surface area contributed by atoms with Crippen molar-refractivity contribution < 1.29 is 18.7 Å². The predicted octanol–water partition coefficient (Wildman–Crippen LogP) is 2.43. The Kier molecular flexibility index (Phi) is 4.49. The largest absolute Gasteiger partial charge is 0.463 e. The van der Waals surface area contributed by atoms with E-state index in [0.29, 0.717) is 21.8 Å². The summed E-state index contributed by atoms with van der Waals surface area (Å²) in [5.41, 5.74) is 6.70. The molecule has 110 valence electrons. The van der Waals surface area contributed by atoms with Gasteiger partial charge in [-0.3, -0.25) is 4.79 Å². The van der Waals surface area contributed by atoms with Crippen LogP contribution in [0.1, 0.15) is 26.5 Å². The number of anilines is 1. The minimum Gasteiger partial charge on any atom is -0.463 e. The highest BCUT2D eigenvalue weighted by atomic mass is 35.5. The molecule has 0 fully saturated rings. The Morgan fingerprint density at radius 1 is 1.38 bits per heavy atom. The molecule has 6 nitrogen and oxygen atoms in total. The third-order valence-electron chi connectivity index (χ3n) is 2.84. The third kappa shape index (κ3) is 3.35. The maximum atomic E-state index is 11.5. The highest BCUT2D eigenvalue weighted by molar-refractivity contribution is 6.33. The number of carbonyl (C=O) groups excluding carboxylic acids is 2. The summed E-state index contributed by atoms with van der Waals surface area (Å²) in [7, 11) is 1.27. The number of nitrogens with one attached hydrogen (secondary N) is 1. The summed E-state index contributed by atoms with van der Waals surface area (Å²) in [6.07, 6.45) is 1.39. The van der Waals surface area contributed by atoms with E-state index in [0.717, 1.165) is 0 Å². The van der Waals surface area contributed by atoms with Gasteiger partial charge in [0.05, 0.1) is 24.1 Å². The number of furan rings is 1. The average Bonchev–Trinajstić information content (AvgIpc) is 2.93. The SMILES string of the molecule is COC(=O)c1occc1CNc1cc(C(N)=O)ccc1Cl. The van der Waals surface area contributed by atoms with Gasteiger partial charge in [-0.25, -0.2) is 4.79 Å². The Bertz CT molecular complexity index is 681. The van der Waals surface area contributed by atoms with Crippen LogP contribution in [0.2, 0.25) is 5.02 Å². The first-order valence-corrected chi connectivity index (χ1v) is 6.38. The summed E-state index contributed by atoms with van der Waals surface area (Å²) in [5.74, 6) is -0.991. The zero-order valence-corrected chi connectivity index (χ0v) is 11.9. The first kappa shape index (κ1) is 14.9. The van der Waals surface area contributed by atoms with Crippen molar-refractivity contribution in [1.29, 1.82) is 0 Å². The first-order chi connectivity index (χ1) is 10.0. The smallest absolute Gasteiger partial charge is 0.374 e. The van der Waals surface area contributed by atoms with Gasteiger partial charge in [0.2, 0.25) is 11.7 Å². The normalized spacial score (nSPS) is 10.2. The molecule has 0 radical (unpaired) electrons. The fourth-order valence-corrected chi connectivity index (χ4v) is 1.94. The lowest BCUT2D eigenvalue weighted by molar-refractivity contribution is 0.0563. The van der Waals surface area contributed by atoms with Gasteiger partial charge >= 0.3 is 5.97 Å².